The van der Waals surface area contributed by atoms with E-state index in [2.05, 4.69) is 17.4 Å². The topological polar surface area (TPSA) is 47.6 Å². The zero-order valence-corrected chi connectivity index (χ0v) is 16.2. The summed E-state index contributed by atoms with van der Waals surface area (Å²) in [5.41, 5.74) is 3.39. The lowest BCUT2D eigenvalue weighted by molar-refractivity contribution is -0.127. The van der Waals surface area contributed by atoms with Crippen LogP contribution in [-0.4, -0.2) is 25.2 Å². The Labute approximate surface area is 156 Å². The van der Waals surface area contributed by atoms with Crippen molar-refractivity contribution in [2.45, 2.75) is 46.6 Å². The lowest BCUT2D eigenvalue weighted by Gasteiger charge is -2.16. The van der Waals surface area contributed by atoms with Crippen molar-refractivity contribution in [1.82, 2.24) is 5.32 Å². The molecule has 0 heterocycles. The predicted molar refractivity (Wildman–Crippen MR) is 105 cm³/mol. The minimum atomic E-state index is -0.521. The number of aryl methyl sites for hydroxylation is 3. The number of carbonyl (C=O) groups excluding carboxylic acids is 1. The highest BCUT2D eigenvalue weighted by atomic mass is 16.5. The van der Waals surface area contributed by atoms with Crippen LogP contribution in [0, 0.1) is 13.8 Å². The Morgan fingerprint density at radius 1 is 1.12 bits per heavy atom. The van der Waals surface area contributed by atoms with Gasteiger partial charge < -0.3 is 14.8 Å². The third-order valence-corrected chi connectivity index (χ3v) is 4.20. The Morgan fingerprint density at radius 3 is 2.62 bits per heavy atom. The van der Waals surface area contributed by atoms with Gasteiger partial charge in [0.1, 0.15) is 11.5 Å². The van der Waals surface area contributed by atoms with Gasteiger partial charge in [-0.25, -0.2) is 0 Å². The molecule has 0 fully saturated rings. The predicted octanol–water partition coefficient (Wildman–Crippen LogP) is 4.22. The van der Waals surface area contributed by atoms with Crippen molar-refractivity contribution in [3.05, 3.63) is 59.2 Å². The number of rotatable bonds is 9. The van der Waals surface area contributed by atoms with Crippen molar-refractivity contribution in [1.29, 1.82) is 0 Å². The number of hydrogen-bond donors (Lipinski definition) is 1. The smallest absolute Gasteiger partial charge is 0.260 e. The molecule has 0 bridgehead atoms. The number of hydrogen-bond acceptors (Lipinski definition) is 3. The number of nitrogens with one attached hydrogen (secondary N) is 1. The van der Waals surface area contributed by atoms with Crippen LogP contribution in [0.3, 0.4) is 0 Å². The molecule has 0 aromatic heterocycles. The number of benzene rings is 2. The van der Waals surface area contributed by atoms with Crippen molar-refractivity contribution in [2.75, 3.05) is 13.2 Å². The van der Waals surface area contributed by atoms with Gasteiger partial charge in [-0.1, -0.05) is 35.9 Å². The molecule has 0 aliphatic carbocycles. The molecule has 0 aliphatic rings. The quantitative estimate of drug-likeness (QED) is 0.685. The molecule has 1 N–H and O–H groups in total. The fourth-order valence-corrected chi connectivity index (χ4v) is 2.82. The molecule has 1 unspecified atom stereocenters. The summed E-state index contributed by atoms with van der Waals surface area (Å²) in [6, 6.07) is 14.0. The van der Waals surface area contributed by atoms with Crippen LogP contribution in [0.4, 0.5) is 0 Å². The van der Waals surface area contributed by atoms with Gasteiger partial charge in [-0.15, -0.1) is 0 Å². The standard InChI is InChI=1S/C22H29NO3/c1-5-25-21-11-7-6-9-19(21)10-8-14-23-22(24)18(4)26-20-13-12-16(2)15-17(20)3/h6-7,9,11-13,15,18H,5,8,10,14H2,1-4H3,(H,23,24). The Balaban J connectivity index is 1.78. The number of amides is 1. The van der Waals surface area contributed by atoms with E-state index in [0.717, 1.165) is 29.9 Å². The van der Waals surface area contributed by atoms with Gasteiger partial charge in [0.2, 0.25) is 0 Å². The second-order valence-electron chi connectivity index (χ2n) is 6.46. The molecule has 26 heavy (non-hydrogen) atoms. The average Bonchev–Trinajstić information content (AvgIpc) is 2.62. The van der Waals surface area contributed by atoms with Crippen LogP contribution in [-0.2, 0) is 11.2 Å². The third-order valence-electron chi connectivity index (χ3n) is 4.20. The van der Waals surface area contributed by atoms with Crippen molar-refractivity contribution in [2.24, 2.45) is 0 Å². The molecule has 140 valence electrons. The summed E-state index contributed by atoms with van der Waals surface area (Å²) in [7, 11) is 0. The molecule has 4 nitrogen and oxygen atoms in total. The second-order valence-corrected chi connectivity index (χ2v) is 6.46. The zero-order valence-electron chi connectivity index (χ0n) is 16.2. The number of para-hydroxylation sites is 1. The van der Waals surface area contributed by atoms with E-state index in [0.29, 0.717) is 13.2 Å². The Hall–Kier alpha value is -2.49. The highest BCUT2D eigenvalue weighted by Gasteiger charge is 2.15. The number of ether oxygens (including phenoxy) is 2. The molecule has 1 atom stereocenters. The largest absolute Gasteiger partial charge is 0.494 e. The minimum absolute atomic E-state index is 0.0944. The van der Waals surface area contributed by atoms with Crippen LogP contribution in [0.5, 0.6) is 11.5 Å². The normalized spacial score (nSPS) is 11.7. The van der Waals surface area contributed by atoms with E-state index >= 15 is 0 Å². The molecular formula is C22H29NO3. The Morgan fingerprint density at radius 2 is 1.88 bits per heavy atom. The fraction of sp³-hybridized carbons (Fsp3) is 0.409. The van der Waals surface area contributed by atoms with E-state index in [4.69, 9.17) is 9.47 Å². The lowest BCUT2D eigenvalue weighted by atomic mass is 10.1. The van der Waals surface area contributed by atoms with Gasteiger partial charge in [-0.05, 0) is 63.8 Å². The van der Waals surface area contributed by atoms with Crippen molar-refractivity contribution in [3.63, 3.8) is 0 Å². The summed E-state index contributed by atoms with van der Waals surface area (Å²) >= 11 is 0. The van der Waals surface area contributed by atoms with Gasteiger partial charge in [0.15, 0.2) is 6.10 Å². The first-order valence-electron chi connectivity index (χ1n) is 9.23. The highest BCUT2D eigenvalue weighted by Crippen LogP contribution is 2.20. The van der Waals surface area contributed by atoms with Gasteiger partial charge in [0.05, 0.1) is 6.61 Å². The first-order valence-corrected chi connectivity index (χ1v) is 9.23. The second kappa shape index (κ2) is 9.85. The van der Waals surface area contributed by atoms with E-state index in [9.17, 15) is 4.79 Å². The summed E-state index contributed by atoms with van der Waals surface area (Å²) in [6.45, 7) is 9.05. The van der Waals surface area contributed by atoms with Gasteiger partial charge in [-0.3, -0.25) is 4.79 Å². The molecule has 0 saturated carbocycles. The van der Waals surface area contributed by atoms with Crippen LogP contribution < -0.4 is 14.8 Å². The van der Waals surface area contributed by atoms with E-state index < -0.39 is 6.10 Å². The third kappa shape index (κ3) is 5.80. The minimum Gasteiger partial charge on any atom is -0.494 e. The number of carbonyl (C=O) groups is 1. The first-order chi connectivity index (χ1) is 12.5. The molecule has 0 spiro atoms. The average molecular weight is 355 g/mol. The van der Waals surface area contributed by atoms with Crippen LogP contribution in [0.25, 0.3) is 0 Å². The van der Waals surface area contributed by atoms with E-state index in [1.54, 1.807) is 6.92 Å². The molecule has 0 saturated heterocycles. The van der Waals surface area contributed by atoms with Crippen molar-refractivity contribution >= 4 is 5.91 Å². The van der Waals surface area contributed by atoms with Gasteiger partial charge in [-0.2, -0.15) is 0 Å². The van der Waals surface area contributed by atoms with Crippen molar-refractivity contribution < 1.29 is 14.3 Å². The van der Waals surface area contributed by atoms with Crippen LogP contribution in [0.15, 0.2) is 42.5 Å². The molecule has 2 aromatic carbocycles. The maximum absolute atomic E-state index is 12.2. The van der Waals surface area contributed by atoms with Gasteiger partial charge in [0.25, 0.3) is 5.91 Å². The molecule has 0 aliphatic heterocycles. The molecule has 2 aromatic rings. The van der Waals surface area contributed by atoms with Gasteiger partial charge >= 0.3 is 0 Å². The molecule has 2 rings (SSSR count). The highest BCUT2D eigenvalue weighted by molar-refractivity contribution is 5.80. The molecule has 4 heteroatoms. The Bertz CT molecular complexity index is 727. The lowest BCUT2D eigenvalue weighted by Crippen LogP contribution is -2.37. The molecular weight excluding hydrogens is 326 g/mol. The maximum Gasteiger partial charge on any atom is 0.260 e. The first kappa shape index (κ1) is 19.8. The summed E-state index contributed by atoms with van der Waals surface area (Å²) < 4.78 is 11.4. The Kier molecular flexibility index (Phi) is 7.52. The molecule has 0 radical (unpaired) electrons. The summed E-state index contributed by atoms with van der Waals surface area (Å²) in [4.78, 5) is 12.2. The van der Waals surface area contributed by atoms with E-state index in [-0.39, 0.29) is 5.91 Å². The van der Waals surface area contributed by atoms with Crippen LogP contribution in [0.2, 0.25) is 0 Å². The molecule has 1 amide bonds. The summed E-state index contributed by atoms with van der Waals surface area (Å²) in [5.74, 6) is 1.58. The SMILES string of the molecule is CCOc1ccccc1CCCNC(=O)C(C)Oc1ccc(C)cc1C. The van der Waals surface area contributed by atoms with Gasteiger partial charge in [0, 0.05) is 6.54 Å². The van der Waals surface area contributed by atoms with Crippen molar-refractivity contribution in [3.8, 4) is 11.5 Å². The summed E-state index contributed by atoms with van der Waals surface area (Å²) in [5, 5.41) is 2.95. The zero-order chi connectivity index (χ0) is 18.9. The van der Waals surface area contributed by atoms with Crippen LogP contribution in [0.1, 0.15) is 37.0 Å². The summed E-state index contributed by atoms with van der Waals surface area (Å²) in [6.07, 6.45) is 1.20. The van der Waals surface area contributed by atoms with Crippen LogP contribution >= 0.6 is 0 Å². The van der Waals surface area contributed by atoms with E-state index in [1.807, 2.05) is 51.1 Å². The monoisotopic (exact) mass is 355 g/mol. The fourth-order valence-electron chi connectivity index (χ4n) is 2.82. The maximum atomic E-state index is 12.2. The van der Waals surface area contributed by atoms with E-state index in [1.165, 1.54) is 11.1 Å².